The van der Waals surface area contributed by atoms with E-state index in [9.17, 15) is 5.11 Å². The van der Waals surface area contributed by atoms with Gasteiger partial charge in [-0.2, -0.15) is 11.8 Å². The molecular weight excluding hydrogens is 184 g/mol. The van der Waals surface area contributed by atoms with Crippen LogP contribution in [0.1, 0.15) is 33.6 Å². The van der Waals surface area contributed by atoms with Crippen LogP contribution in [0.3, 0.4) is 0 Å². The zero-order valence-electron chi connectivity index (χ0n) is 8.76. The molecular formula is C9H22OSSi. The van der Waals surface area contributed by atoms with Crippen molar-refractivity contribution >= 4 is 21.3 Å². The first-order chi connectivity index (χ1) is 5.54. The van der Waals surface area contributed by atoms with Crippen LogP contribution in [0.4, 0.5) is 0 Å². The van der Waals surface area contributed by atoms with Crippen LogP contribution < -0.4 is 0 Å². The monoisotopic (exact) mass is 206 g/mol. The van der Waals surface area contributed by atoms with Gasteiger partial charge in [0.25, 0.3) is 0 Å². The van der Waals surface area contributed by atoms with Gasteiger partial charge in [0.2, 0.25) is 0 Å². The molecule has 0 fully saturated rings. The first-order valence-corrected chi connectivity index (χ1v) is 7.70. The van der Waals surface area contributed by atoms with E-state index in [4.69, 9.17) is 0 Å². The lowest BCUT2D eigenvalue weighted by Crippen LogP contribution is -2.29. The molecule has 0 radical (unpaired) electrons. The molecule has 0 aromatic carbocycles. The molecule has 12 heavy (non-hydrogen) atoms. The highest BCUT2D eigenvalue weighted by Gasteiger charge is 2.22. The van der Waals surface area contributed by atoms with Gasteiger partial charge in [0.05, 0.1) is 0 Å². The Balaban J connectivity index is 3.78. The fourth-order valence-electron chi connectivity index (χ4n) is 1.37. The van der Waals surface area contributed by atoms with Crippen LogP contribution in [-0.2, 0) is 0 Å². The van der Waals surface area contributed by atoms with Gasteiger partial charge in [0, 0.05) is 20.0 Å². The molecule has 0 aromatic rings. The van der Waals surface area contributed by atoms with Crippen LogP contribution in [-0.4, -0.2) is 31.4 Å². The summed E-state index contributed by atoms with van der Waals surface area (Å²) in [6.07, 6.45) is 4.70. The third-order valence-electron chi connectivity index (χ3n) is 2.36. The van der Waals surface area contributed by atoms with Gasteiger partial charge in [-0.15, -0.1) is 0 Å². The molecule has 0 spiro atoms. The van der Waals surface area contributed by atoms with E-state index in [1.807, 2.05) is 18.7 Å². The molecule has 74 valence electrons. The molecule has 0 aliphatic carbocycles. The van der Waals surface area contributed by atoms with Gasteiger partial charge in [-0.05, 0) is 25.6 Å². The maximum atomic E-state index is 9.20. The summed E-state index contributed by atoms with van der Waals surface area (Å²) >= 11 is 1.99. The Morgan fingerprint density at radius 1 is 1.58 bits per heavy atom. The molecule has 1 nitrogen and oxygen atoms in total. The summed E-state index contributed by atoms with van der Waals surface area (Å²) in [6, 6.07) is 1.07. The molecule has 0 aliphatic rings. The predicted molar refractivity (Wildman–Crippen MR) is 61.9 cm³/mol. The van der Waals surface area contributed by atoms with E-state index in [0.717, 1.165) is 6.04 Å². The molecule has 2 unspecified atom stereocenters. The van der Waals surface area contributed by atoms with Gasteiger partial charge >= 0.3 is 0 Å². The molecule has 0 bridgehead atoms. The number of hydrogen-bond acceptors (Lipinski definition) is 2. The highest BCUT2D eigenvalue weighted by Crippen LogP contribution is 2.27. The van der Waals surface area contributed by atoms with Crippen molar-refractivity contribution in [2.45, 2.75) is 50.1 Å². The average molecular weight is 206 g/mol. The fourth-order valence-corrected chi connectivity index (χ4v) is 4.58. The fraction of sp³-hybridized carbons (Fsp3) is 1.00. The third kappa shape index (κ3) is 5.22. The van der Waals surface area contributed by atoms with E-state index in [2.05, 4.69) is 20.1 Å². The molecule has 0 aliphatic heterocycles. The molecule has 0 saturated heterocycles. The smallest absolute Gasteiger partial charge is 0.0484 e. The van der Waals surface area contributed by atoms with Gasteiger partial charge in [-0.25, -0.2) is 0 Å². The van der Waals surface area contributed by atoms with E-state index < -0.39 is 0 Å². The Morgan fingerprint density at radius 3 is 2.50 bits per heavy atom. The van der Waals surface area contributed by atoms with Crippen LogP contribution >= 0.6 is 11.8 Å². The lowest BCUT2D eigenvalue weighted by atomic mass is 10.3. The van der Waals surface area contributed by atoms with Gasteiger partial charge in [0.15, 0.2) is 0 Å². The van der Waals surface area contributed by atoms with Crippen LogP contribution in [0, 0.1) is 0 Å². The Morgan fingerprint density at radius 2 is 2.17 bits per heavy atom. The summed E-state index contributed by atoms with van der Waals surface area (Å²) in [4.78, 5) is 0. The van der Waals surface area contributed by atoms with Crippen molar-refractivity contribution in [3.8, 4) is 0 Å². The summed E-state index contributed by atoms with van der Waals surface area (Å²) in [7, 11) is -0.117. The highest BCUT2D eigenvalue weighted by molar-refractivity contribution is 8.01. The summed E-state index contributed by atoms with van der Waals surface area (Å²) in [5, 5.41) is 9.20. The summed E-state index contributed by atoms with van der Waals surface area (Å²) < 4.78 is 0.520. The summed E-state index contributed by atoms with van der Waals surface area (Å²) in [6.45, 7) is 6.50. The first kappa shape index (κ1) is 12.5. The SMILES string of the molecule is CCCC(C)([SiH2]CC(C)O)SC. The van der Waals surface area contributed by atoms with Crippen molar-refractivity contribution in [1.82, 2.24) is 0 Å². The minimum absolute atomic E-state index is 0.0833. The number of aliphatic hydroxyl groups excluding tert-OH is 1. The Labute approximate surface area is 83.2 Å². The normalized spacial score (nSPS) is 19.8. The maximum Gasteiger partial charge on any atom is 0.0484 e. The van der Waals surface area contributed by atoms with Crippen molar-refractivity contribution in [2.24, 2.45) is 0 Å². The number of thioether (sulfide) groups is 1. The molecule has 0 heterocycles. The minimum atomic E-state index is -0.117. The topological polar surface area (TPSA) is 20.2 Å². The number of rotatable bonds is 6. The van der Waals surface area contributed by atoms with Gasteiger partial charge < -0.3 is 5.11 Å². The molecule has 0 aromatic heterocycles. The van der Waals surface area contributed by atoms with Crippen molar-refractivity contribution in [3.63, 3.8) is 0 Å². The lowest BCUT2D eigenvalue weighted by molar-refractivity contribution is 0.215. The highest BCUT2D eigenvalue weighted by atomic mass is 32.2. The second-order valence-electron chi connectivity index (χ2n) is 3.79. The zero-order chi connectivity index (χ0) is 9.61. The summed E-state index contributed by atoms with van der Waals surface area (Å²) in [5.74, 6) is 0. The molecule has 0 amide bonds. The van der Waals surface area contributed by atoms with Crippen molar-refractivity contribution in [1.29, 1.82) is 0 Å². The van der Waals surface area contributed by atoms with E-state index in [0.29, 0.717) is 4.37 Å². The van der Waals surface area contributed by atoms with Crippen molar-refractivity contribution in [2.75, 3.05) is 6.26 Å². The Kier molecular flexibility index (Phi) is 6.32. The Bertz CT molecular complexity index is 119. The van der Waals surface area contributed by atoms with Crippen LogP contribution in [0.5, 0.6) is 0 Å². The zero-order valence-corrected chi connectivity index (χ0v) is 11.0. The molecule has 1 N–H and O–H groups in total. The van der Waals surface area contributed by atoms with Crippen LogP contribution in [0.2, 0.25) is 6.04 Å². The average Bonchev–Trinajstić information content (AvgIpc) is 2.02. The standard InChI is InChI=1S/C9H22OSSi/c1-5-6-9(3,11-4)12-7-8(2)10/h8,10H,5-7,12H2,1-4H3. The second kappa shape index (κ2) is 6.05. The quantitative estimate of drug-likeness (QED) is 0.669. The molecule has 3 heteroatoms. The van der Waals surface area contributed by atoms with Gasteiger partial charge in [-0.1, -0.05) is 20.3 Å². The Hall–Kier alpha value is 0.527. The lowest BCUT2D eigenvalue weighted by Gasteiger charge is -2.27. The molecule has 0 rings (SSSR count). The third-order valence-corrected chi connectivity index (χ3v) is 7.57. The second-order valence-corrected chi connectivity index (χ2v) is 8.34. The molecule has 2 atom stereocenters. The van der Waals surface area contributed by atoms with Crippen LogP contribution in [0.25, 0.3) is 0 Å². The minimum Gasteiger partial charge on any atom is -0.394 e. The summed E-state index contributed by atoms with van der Waals surface area (Å²) in [5.41, 5.74) is 0. The van der Waals surface area contributed by atoms with Crippen LogP contribution in [0.15, 0.2) is 0 Å². The molecule has 0 saturated carbocycles. The van der Waals surface area contributed by atoms with Gasteiger partial charge in [0.1, 0.15) is 0 Å². The van der Waals surface area contributed by atoms with Crippen molar-refractivity contribution < 1.29 is 5.11 Å². The van der Waals surface area contributed by atoms with Gasteiger partial charge in [-0.3, -0.25) is 0 Å². The van der Waals surface area contributed by atoms with E-state index >= 15 is 0 Å². The first-order valence-electron chi connectivity index (χ1n) is 4.77. The van der Waals surface area contributed by atoms with E-state index in [1.54, 1.807) is 0 Å². The van der Waals surface area contributed by atoms with E-state index in [1.165, 1.54) is 12.8 Å². The predicted octanol–water partition coefficient (Wildman–Crippen LogP) is 1.83. The van der Waals surface area contributed by atoms with E-state index in [-0.39, 0.29) is 15.6 Å². The van der Waals surface area contributed by atoms with Crippen molar-refractivity contribution in [3.05, 3.63) is 0 Å². The number of aliphatic hydroxyl groups is 1. The number of hydrogen-bond donors (Lipinski definition) is 1. The maximum absolute atomic E-state index is 9.20. The largest absolute Gasteiger partial charge is 0.394 e.